The average molecular weight is 279 g/mol. The van der Waals surface area contributed by atoms with Gasteiger partial charge in [0.05, 0.1) is 10.8 Å². The molecular weight excluding hydrogens is 272 g/mol. The Balaban J connectivity index is 2.58. The second-order valence-corrected chi connectivity index (χ2v) is 3.63. The van der Waals surface area contributed by atoms with Gasteiger partial charge in [0.25, 0.3) is 0 Å². The molecule has 0 spiro atoms. The van der Waals surface area contributed by atoms with Gasteiger partial charge in [-0.3, -0.25) is 5.10 Å². The van der Waals surface area contributed by atoms with Crippen LogP contribution in [0.15, 0.2) is 18.2 Å². The first-order valence-corrected chi connectivity index (χ1v) is 5.61. The summed E-state index contributed by atoms with van der Waals surface area (Å²) in [6.07, 6.45) is 0. The number of halogens is 1. The Morgan fingerprint density at radius 3 is 3.06 bits per heavy atom. The van der Waals surface area contributed by atoms with Gasteiger partial charge in [0.2, 0.25) is 0 Å². The number of fused-ring (bicyclic) bond motifs is 1. The van der Waals surface area contributed by atoms with Crippen molar-refractivity contribution in [2.24, 2.45) is 0 Å². The Morgan fingerprint density at radius 1 is 1.56 bits per heavy atom. The quantitative estimate of drug-likeness (QED) is 0.620. The maximum Gasteiger partial charge on any atom is 0.357 e. The molecule has 0 saturated heterocycles. The minimum atomic E-state index is -1.04. The minimum absolute atomic E-state index is 0.0255. The van der Waals surface area contributed by atoms with Crippen LogP contribution in [-0.2, 0) is 0 Å². The molecule has 2 N–H and O–H groups in total. The molecule has 1 aromatic carbocycles. The van der Waals surface area contributed by atoms with Crippen LogP contribution in [0.3, 0.4) is 0 Å². The van der Waals surface area contributed by atoms with E-state index >= 15 is 0 Å². The summed E-state index contributed by atoms with van der Waals surface area (Å²) in [6.45, 7) is 0. The average Bonchev–Trinajstić information content (AvgIpc) is 2.69. The zero-order valence-electron chi connectivity index (χ0n) is 8.12. The number of H-pyrrole nitrogens is 1. The summed E-state index contributed by atoms with van der Waals surface area (Å²) < 4.78 is 0. The van der Waals surface area contributed by atoms with Crippen molar-refractivity contribution >= 4 is 32.8 Å². The van der Waals surface area contributed by atoms with E-state index in [9.17, 15) is 4.79 Å². The number of benzene rings is 1. The fourth-order valence-electron chi connectivity index (χ4n) is 1.39. The van der Waals surface area contributed by atoms with E-state index in [4.69, 9.17) is 5.11 Å². The number of carbonyl (C=O) groups is 1. The molecule has 2 rings (SSSR count). The Bertz CT molecular complexity index is 607. The number of nitrogens with zero attached hydrogens (tertiary/aromatic N) is 1. The summed E-state index contributed by atoms with van der Waals surface area (Å²) in [4.78, 5) is 10.9. The molecule has 0 radical (unpaired) electrons. The summed E-state index contributed by atoms with van der Waals surface area (Å²) in [6, 6.07) is 5.31. The number of hydrogen-bond donors (Lipinski definition) is 2. The lowest BCUT2D eigenvalue weighted by Gasteiger charge is -1.92. The Hall–Kier alpha value is -1.80. The van der Waals surface area contributed by atoms with E-state index in [0.717, 1.165) is 5.56 Å². The fraction of sp³-hybridized carbons (Fsp3) is 0.0909. The summed E-state index contributed by atoms with van der Waals surface area (Å²) in [7, 11) is 0. The first-order chi connectivity index (χ1) is 7.72. The monoisotopic (exact) mass is 278 g/mol. The maximum atomic E-state index is 10.9. The molecule has 0 aliphatic rings. The van der Waals surface area contributed by atoms with Crippen LogP contribution in [0, 0.1) is 11.8 Å². The van der Waals surface area contributed by atoms with E-state index in [-0.39, 0.29) is 5.69 Å². The van der Waals surface area contributed by atoms with Gasteiger partial charge in [-0.25, -0.2) is 4.79 Å². The second-order valence-electron chi connectivity index (χ2n) is 3.07. The molecule has 0 saturated carbocycles. The van der Waals surface area contributed by atoms with Crippen LogP contribution < -0.4 is 0 Å². The maximum absolute atomic E-state index is 10.9. The van der Waals surface area contributed by atoms with Crippen molar-refractivity contribution in [3.8, 4) is 11.8 Å². The van der Waals surface area contributed by atoms with Crippen LogP contribution in [0.5, 0.6) is 0 Å². The van der Waals surface area contributed by atoms with Gasteiger partial charge in [-0.2, -0.15) is 5.10 Å². The predicted octanol–water partition coefficient (Wildman–Crippen LogP) is 2.01. The van der Waals surface area contributed by atoms with E-state index in [1.165, 1.54) is 0 Å². The molecular formula is C11H7BrN2O2. The smallest absolute Gasteiger partial charge is 0.357 e. The zero-order chi connectivity index (χ0) is 11.5. The van der Waals surface area contributed by atoms with Crippen molar-refractivity contribution < 1.29 is 9.90 Å². The van der Waals surface area contributed by atoms with Gasteiger partial charge in [-0.1, -0.05) is 27.8 Å². The van der Waals surface area contributed by atoms with Crippen molar-refractivity contribution in [2.75, 3.05) is 5.33 Å². The van der Waals surface area contributed by atoms with Gasteiger partial charge in [0, 0.05) is 10.9 Å². The van der Waals surface area contributed by atoms with Crippen LogP contribution in [0.25, 0.3) is 10.9 Å². The first kappa shape index (κ1) is 10.7. The number of aromatic amines is 1. The van der Waals surface area contributed by atoms with Crippen molar-refractivity contribution in [3.05, 3.63) is 29.5 Å². The Morgan fingerprint density at radius 2 is 2.38 bits per heavy atom. The third-order valence-corrected chi connectivity index (χ3v) is 2.35. The van der Waals surface area contributed by atoms with Crippen LogP contribution in [0.1, 0.15) is 16.1 Å². The van der Waals surface area contributed by atoms with Crippen LogP contribution >= 0.6 is 15.9 Å². The molecule has 80 valence electrons. The number of aromatic nitrogens is 2. The lowest BCUT2D eigenvalue weighted by molar-refractivity contribution is 0.0692. The standard InChI is InChI=1S/C11H7BrN2O2/c12-5-1-2-7-3-4-9-8(6-7)10(11(15)16)14-13-9/h3-4,6H,5H2,(H,13,14)(H,15,16). The van der Waals surface area contributed by atoms with Gasteiger partial charge < -0.3 is 5.11 Å². The van der Waals surface area contributed by atoms with E-state index in [1.54, 1.807) is 12.1 Å². The number of aromatic carboxylic acids is 1. The minimum Gasteiger partial charge on any atom is -0.476 e. The van der Waals surface area contributed by atoms with E-state index < -0.39 is 5.97 Å². The Labute approximate surface area is 99.8 Å². The molecule has 0 fully saturated rings. The third kappa shape index (κ3) is 1.92. The molecule has 5 heteroatoms. The number of hydrogen-bond acceptors (Lipinski definition) is 2. The molecule has 4 nitrogen and oxygen atoms in total. The summed E-state index contributed by atoms with van der Waals surface area (Å²) in [5, 5.41) is 16.5. The molecule has 0 bridgehead atoms. The third-order valence-electron chi connectivity index (χ3n) is 2.06. The highest BCUT2D eigenvalue weighted by molar-refractivity contribution is 9.09. The first-order valence-electron chi connectivity index (χ1n) is 4.48. The van der Waals surface area contributed by atoms with E-state index in [0.29, 0.717) is 16.2 Å². The molecule has 2 aromatic rings. The van der Waals surface area contributed by atoms with E-state index in [2.05, 4.69) is 38.0 Å². The highest BCUT2D eigenvalue weighted by Crippen LogP contribution is 2.17. The number of alkyl halides is 1. The normalized spacial score (nSPS) is 9.81. The molecule has 0 aliphatic carbocycles. The van der Waals surface area contributed by atoms with Crippen molar-refractivity contribution in [1.82, 2.24) is 10.2 Å². The molecule has 0 aliphatic heterocycles. The van der Waals surface area contributed by atoms with Gasteiger partial charge >= 0.3 is 5.97 Å². The SMILES string of the molecule is O=C(O)c1n[nH]c2ccc(C#CCBr)cc12. The zero-order valence-corrected chi connectivity index (χ0v) is 9.71. The second kappa shape index (κ2) is 4.37. The van der Waals surface area contributed by atoms with Crippen molar-refractivity contribution in [3.63, 3.8) is 0 Å². The summed E-state index contributed by atoms with van der Waals surface area (Å²) in [5.74, 6) is 4.73. The predicted molar refractivity (Wildman–Crippen MR) is 63.7 cm³/mol. The number of carboxylic acid groups (broad SMARTS) is 1. The van der Waals surface area contributed by atoms with Gasteiger partial charge in [0.15, 0.2) is 5.69 Å². The van der Waals surface area contributed by atoms with E-state index in [1.807, 2.05) is 6.07 Å². The van der Waals surface area contributed by atoms with Crippen molar-refractivity contribution in [2.45, 2.75) is 0 Å². The van der Waals surface area contributed by atoms with Crippen LogP contribution in [0.2, 0.25) is 0 Å². The van der Waals surface area contributed by atoms with Crippen LogP contribution in [-0.4, -0.2) is 26.6 Å². The largest absolute Gasteiger partial charge is 0.476 e. The van der Waals surface area contributed by atoms with Gasteiger partial charge in [-0.15, -0.1) is 0 Å². The van der Waals surface area contributed by atoms with Crippen LogP contribution in [0.4, 0.5) is 0 Å². The summed E-state index contributed by atoms with van der Waals surface area (Å²) in [5.41, 5.74) is 1.50. The fourth-order valence-corrected chi connectivity index (χ4v) is 1.53. The number of nitrogens with one attached hydrogen (secondary N) is 1. The number of rotatable bonds is 1. The molecule has 0 unspecified atom stereocenters. The highest BCUT2D eigenvalue weighted by Gasteiger charge is 2.12. The lowest BCUT2D eigenvalue weighted by atomic mass is 10.1. The van der Waals surface area contributed by atoms with Crippen molar-refractivity contribution in [1.29, 1.82) is 0 Å². The number of carboxylic acids is 1. The topological polar surface area (TPSA) is 66.0 Å². The molecule has 16 heavy (non-hydrogen) atoms. The molecule has 0 amide bonds. The van der Waals surface area contributed by atoms with Gasteiger partial charge in [-0.05, 0) is 18.2 Å². The van der Waals surface area contributed by atoms with Gasteiger partial charge in [0.1, 0.15) is 0 Å². The lowest BCUT2D eigenvalue weighted by Crippen LogP contribution is -1.96. The highest BCUT2D eigenvalue weighted by atomic mass is 79.9. The molecule has 1 heterocycles. The summed E-state index contributed by atoms with van der Waals surface area (Å²) >= 11 is 3.20. The Kier molecular flexibility index (Phi) is 2.93. The molecule has 0 atom stereocenters. The molecule has 1 aromatic heterocycles.